The van der Waals surface area contributed by atoms with E-state index in [1.165, 1.54) is 0 Å². The van der Waals surface area contributed by atoms with Gasteiger partial charge in [-0.1, -0.05) is 30.3 Å². The van der Waals surface area contributed by atoms with Crippen LogP contribution in [-0.4, -0.2) is 52.0 Å². The van der Waals surface area contributed by atoms with Crippen molar-refractivity contribution in [3.63, 3.8) is 0 Å². The molecular weight excluding hydrogens is 446 g/mol. The fourth-order valence-corrected chi connectivity index (χ4v) is 4.63. The summed E-state index contributed by atoms with van der Waals surface area (Å²) in [6.45, 7) is 0.414. The minimum Gasteiger partial charge on any atom is -0.508 e. The number of methoxy groups -OCH3 is 2. The third-order valence-corrected chi connectivity index (χ3v) is 6.30. The molecule has 0 spiro atoms. The van der Waals surface area contributed by atoms with E-state index >= 15 is 0 Å². The van der Waals surface area contributed by atoms with Crippen molar-refractivity contribution in [3.05, 3.63) is 89.1 Å². The maximum absolute atomic E-state index is 13.5. The summed E-state index contributed by atoms with van der Waals surface area (Å²) in [5.41, 5.74) is 3.83. The molecule has 8 heteroatoms. The summed E-state index contributed by atoms with van der Waals surface area (Å²) in [6.07, 6.45) is 0.574. The van der Waals surface area contributed by atoms with Crippen LogP contribution in [0.2, 0.25) is 0 Å². The van der Waals surface area contributed by atoms with Crippen molar-refractivity contribution in [1.29, 1.82) is 0 Å². The number of nitrogens with one attached hydrogen (secondary N) is 1. The minimum atomic E-state index is -0.488. The van der Waals surface area contributed by atoms with Crippen LogP contribution >= 0.6 is 0 Å². The van der Waals surface area contributed by atoms with Gasteiger partial charge in [-0.25, -0.2) is 0 Å². The smallest absolute Gasteiger partial charge is 0.273 e. The second-order valence-corrected chi connectivity index (χ2v) is 8.31. The highest BCUT2D eigenvalue weighted by Gasteiger charge is 2.42. The van der Waals surface area contributed by atoms with Crippen LogP contribution < -0.4 is 9.47 Å². The van der Waals surface area contributed by atoms with E-state index in [1.54, 1.807) is 55.5 Å². The highest BCUT2D eigenvalue weighted by molar-refractivity contribution is 6.00. The number of carbonyl (C=O) groups is 1. The minimum absolute atomic E-state index is 0.0766. The van der Waals surface area contributed by atoms with Gasteiger partial charge in [0.25, 0.3) is 5.91 Å². The third-order valence-electron chi connectivity index (χ3n) is 6.30. The molecule has 35 heavy (non-hydrogen) atoms. The summed E-state index contributed by atoms with van der Waals surface area (Å²) in [5, 5.41) is 27.9. The maximum Gasteiger partial charge on any atom is 0.273 e. The van der Waals surface area contributed by atoms with Gasteiger partial charge in [-0.3, -0.25) is 9.89 Å². The summed E-state index contributed by atoms with van der Waals surface area (Å²) >= 11 is 0. The molecule has 0 unspecified atom stereocenters. The Hall–Kier alpha value is -4.46. The Morgan fingerprint density at radius 1 is 0.971 bits per heavy atom. The number of phenolic OH excluding ortho intramolecular Hbond substituents is 2. The molecule has 1 aliphatic heterocycles. The molecule has 1 aromatic heterocycles. The van der Waals surface area contributed by atoms with Gasteiger partial charge in [0.2, 0.25) is 0 Å². The van der Waals surface area contributed by atoms with E-state index in [0.717, 1.165) is 11.1 Å². The standard InChI is InChI=1S/C27H25N3O5/c1-34-21-11-10-16(14-22(21)35-2)12-13-30-26(17-6-5-7-18(31)15-17)23-24(28-29-25(23)27(30)33)19-8-3-4-9-20(19)32/h3-11,14-15,26,31-32H,12-13H2,1-2H3,(H,28,29)/t26-/m0/s1. The normalized spacial score (nSPS) is 14.7. The van der Waals surface area contributed by atoms with E-state index in [2.05, 4.69) is 10.2 Å². The third kappa shape index (κ3) is 3.93. The molecule has 3 aromatic carbocycles. The SMILES string of the molecule is COc1ccc(CCN2C(=O)c3[nH]nc(-c4ccccc4O)c3[C@@H]2c2cccc(O)c2)cc1OC. The summed E-state index contributed by atoms with van der Waals surface area (Å²) in [7, 11) is 3.17. The van der Waals surface area contributed by atoms with Crippen molar-refractivity contribution in [3.8, 4) is 34.3 Å². The lowest BCUT2D eigenvalue weighted by Gasteiger charge is -2.26. The van der Waals surface area contributed by atoms with Gasteiger partial charge in [0.1, 0.15) is 22.9 Å². The topological polar surface area (TPSA) is 108 Å². The van der Waals surface area contributed by atoms with Gasteiger partial charge >= 0.3 is 0 Å². The van der Waals surface area contributed by atoms with Crippen LogP contribution in [0.15, 0.2) is 66.7 Å². The fraction of sp³-hybridized carbons (Fsp3) is 0.185. The summed E-state index contributed by atoms with van der Waals surface area (Å²) < 4.78 is 10.7. The molecule has 2 heterocycles. The first-order valence-electron chi connectivity index (χ1n) is 11.2. The first-order chi connectivity index (χ1) is 17.0. The monoisotopic (exact) mass is 471 g/mol. The number of para-hydroxylation sites is 1. The number of carbonyl (C=O) groups excluding carboxylic acids is 1. The lowest BCUT2D eigenvalue weighted by molar-refractivity contribution is 0.0745. The predicted octanol–water partition coefficient (Wildman–Crippen LogP) is 4.29. The van der Waals surface area contributed by atoms with Gasteiger partial charge in [-0.2, -0.15) is 5.10 Å². The van der Waals surface area contributed by atoms with E-state index in [4.69, 9.17) is 9.47 Å². The number of aromatic amines is 1. The lowest BCUT2D eigenvalue weighted by Crippen LogP contribution is -2.31. The number of benzene rings is 3. The molecular formula is C27H25N3O5. The van der Waals surface area contributed by atoms with Crippen molar-refractivity contribution in [2.45, 2.75) is 12.5 Å². The van der Waals surface area contributed by atoms with Gasteiger partial charge < -0.3 is 24.6 Å². The van der Waals surface area contributed by atoms with Gasteiger partial charge in [-0.05, 0) is 53.9 Å². The number of nitrogens with zero attached hydrogens (tertiary/aromatic N) is 2. The van der Waals surface area contributed by atoms with E-state index in [1.807, 2.05) is 30.3 Å². The molecule has 5 rings (SSSR count). The van der Waals surface area contributed by atoms with E-state index in [0.29, 0.717) is 47.0 Å². The number of ether oxygens (including phenoxy) is 2. The number of aromatic hydroxyl groups is 2. The molecule has 0 saturated heterocycles. The molecule has 0 radical (unpaired) electrons. The van der Waals surface area contributed by atoms with Crippen molar-refractivity contribution in [1.82, 2.24) is 15.1 Å². The predicted molar refractivity (Wildman–Crippen MR) is 130 cm³/mol. The van der Waals surface area contributed by atoms with Crippen molar-refractivity contribution >= 4 is 5.91 Å². The number of phenols is 2. The fourth-order valence-electron chi connectivity index (χ4n) is 4.63. The molecule has 4 aromatic rings. The van der Waals surface area contributed by atoms with E-state index in [9.17, 15) is 15.0 Å². The number of amides is 1. The van der Waals surface area contributed by atoms with Crippen LogP contribution in [-0.2, 0) is 6.42 Å². The van der Waals surface area contributed by atoms with Crippen molar-refractivity contribution in [2.24, 2.45) is 0 Å². The van der Waals surface area contributed by atoms with Gasteiger partial charge in [0.05, 0.1) is 20.3 Å². The Morgan fingerprint density at radius 2 is 1.77 bits per heavy atom. The van der Waals surface area contributed by atoms with Crippen LogP contribution in [0.25, 0.3) is 11.3 Å². The summed E-state index contributed by atoms with van der Waals surface area (Å²) in [4.78, 5) is 15.3. The Labute approximate surface area is 202 Å². The molecule has 1 amide bonds. The van der Waals surface area contributed by atoms with Crippen LogP contribution in [0.4, 0.5) is 0 Å². The van der Waals surface area contributed by atoms with Crippen molar-refractivity contribution < 1.29 is 24.5 Å². The number of H-pyrrole nitrogens is 1. The van der Waals surface area contributed by atoms with Crippen LogP contribution in [0.5, 0.6) is 23.0 Å². The van der Waals surface area contributed by atoms with Gasteiger partial charge in [0.15, 0.2) is 11.5 Å². The zero-order valence-corrected chi connectivity index (χ0v) is 19.4. The van der Waals surface area contributed by atoms with Gasteiger partial charge in [0, 0.05) is 17.7 Å². The van der Waals surface area contributed by atoms with E-state index in [-0.39, 0.29) is 17.4 Å². The molecule has 0 aliphatic carbocycles. The first-order valence-corrected chi connectivity index (χ1v) is 11.2. The Kier molecular flexibility index (Phi) is 5.78. The second-order valence-electron chi connectivity index (χ2n) is 8.31. The van der Waals surface area contributed by atoms with Crippen LogP contribution in [0.1, 0.15) is 33.2 Å². The highest BCUT2D eigenvalue weighted by Crippen LogP contribution is 2.45. The molecule has 8 nitrogen and oxygen atoms in total. The molecule has 0 fully saturated rings. The first kappa shape index (κ1) is 22.3. The zero-order valence-electron chi connectivity index (χ0n) is 19.4. The van der Waals surface area contributed by atoms with Gasteiger partial charge in [-0.15, -0.1) is 0 Å². The Morgan fingerprint density at radius 3 is 2.51 bits per heavy atom. The number of fused-ring (bicyclic) bond motifs is 1. The number of hydrogen-bond donors (Lipinski definition) is 3. The zero-order chi connectivity index (χ0) is 24.5. The maximum atomic E-state index is 13.5. The molecule has 178 valence electrons. The lowest BCUT2D eigenvalue weighted by atomic mass is 9.95. The second kappa shape index (κ2) is 9.06. The average Bonchev–Trinajstić information content (AvgIpc) is 3.41. The molecule has 3 N–H and O–H groups in total. The van der Waals surface area contributed by atoms with Crippen LogP contribution in [0.3, 0.4) is 0 Å². The highest BCUT2D eigenvalue weighted by atomic mass is 16.5. The molecule has 1 aliphatic rings. The molecule has 0 bridgehead atoms. The molecule has 1 atom stereocenters. The average molecular weight is 472 g/mol. The van der Waals surface area contributed by atoms with E-state index < -0.39 is 6.04 Å². The number of rotatable bonds is 7. The summed E-state index contributed by atoms with van der Waals surface area (Å²) in [6, 6.07) is 19.0. The molecule has 0 saturated carbocycles. The Bertz CT molecular complexity index is 1400. The van der Waals surface area contributed by atoms with Crippen LogP contribution in [0, 0.1) is 0 Å². The van der Waals surface area contributed by atoms with Crippen molar-refractivity contribution in [2.75, 3.05) is 20.8 Å². The number of hydrogen-bond acceptors (Lipinski definition) is 6. The quantitative estimate of drug-likeness (QED) is 0.371. The summed E-state index contributed by atoms with van der Waals surface area (Å²) in [5.74, 6) is 1.25. The largest absolute Gasteiger partial charge is 0.508 e. The Balaban J connectivity index is 1.55. The number of aromatic nitrogens is 2.